The first kappa shape index (κ1) is 17.0. The lowest BCUT2D eigenvalue weighted by atomic mass is 10.4. The van der Waals surface area contributed by atoms with Gasteiger partial charge in [-0.3, -0.25) is 9.00 Å². The predicted molar refractivity (Wildman–Crippen MR) is 71.6 cm³/mol. The highest BCUT2D eigenvalue weighted by molar-refractivity contribution is 7.84. The fourth-order valence-electron chi connectivity index (χ4n) is 1.31. The third-order valence-corrected chi connectivity index (χ3v) is 3.95. The van der Waals surface area contributed by atoms with E-state index in [2.05, 4.69) is 10.4 Å². The molecule has 0 aliphatic carbocycles. The standard InChI is InChI=1S/C10H13ClF3N3O2S/c1-2-20(19)4-3-15-7-5-16-17(6-10(12,13)14)9(18)8(7)11/h5,15H,2-4,6H2,1H3. The summed E-state index contributed by atoms with van der Waals surface area (Å²) < 4.78 is 48.0. The van der Waals surface area contributed by atoms with E-state index in [0.717, 1.165) is 6.20 Å². The lowest BCUT2D eigenvalue weighted by Crippen LogP contribution is -2.31. The normalized spacial score (nSPS) is 13.2. The van der Waals surface area contributed by atoms with Gasteiger partial charge in [0.15, 0.2) is 0 Å². The second-order valence-corrected chi connectivity index (χ2v) is 6.05. The quantitative estimate of drug-likeness (QED) is 0.860. The van der Waals surface area contributed by atoms with E-state index in [1.165, 1.54) is 0 Å². The van der Waals surface area contributed by atoms with Gasteiger partial charge in [-0.1, -0.05) is 18.5 Å². The monoisotopic (exact) mass is 331 g/mol. The van der Waals surface area contributed by atoms with E-state index in [-0.39, 0.29) is 21.9 Å². The molecule has 1 aromatic rings. The summed E-state index contributed by atoms with van der Waals surface area (Å²) in [4.78, 5) is 11.6. The Kier molecular flexibility index (Phi) is 6.00. The molecule has 1 rings (SSSR count). The van der Waals surface area contributed by atoms with Crippen LogP contribution >= 0.6 is 11.6 Å². The maximum Gasteiger partial charge on any atom is 0.408 e. The number of hydrogen-bond acceptors (Lipinski definition) is 4. The van der Waals surface area contributed by atoms with E-state index >= 15 is 0 Å². The van der Waals surface area contributed by atoms with Gasteiger partial charge in [-0.2, -0.15) is 18.3 Å². The Morgan fingerprint density at radius 2 is 2.15 bits per heavy atom. The molecule has 0 aliphatic heterocycles. The van der Waals surface area contributed by atoms with Crippen LogP contribution in [0.4, 0.5) is 18.9 Å². The number of alkyl halides is 3. The second-order valence-electron chi connectivity index (χ2n) is 3.81. The van der Waals surface area contributed by atoms with Crippen LogP contribution in [0.15, 0.2) is 11.0 Å². The smallest absolute Gasteiger partial charge is 0.381 e. The zero-order chi connectivity index (χ0) is 15.3. The molecule has 1 atom stereocenters. The van der Waals surface area contributed by atoms with Crippen molar-refractivity contribution in [1.29, 1.82) is 0 Å². The largest absolute Gasteiger partial charge is 0.408 e. The van der Waals surface area contributed by atoms with Crippen molar-refractivity contribution in [1.82, 2.24) is 9.78 Å². The molecular formula is C10H13ClF3N3O2S. The Hall–Kier alpha value is -1.09. The molecule has 5 nitrogen and oxygen atoms in total. The van der Waals surface area contributed by atoms with Gasteiger partial charge < -0.3 is 5.32 Å². The Bertz CT molecular complexity index is 548. The first-order valence-electron chi connectivity index (χ1n) is 5.65. The molecule has 0 amide bonds. The molecule has 20 heavy (non-hydrogen) atoms. The van der Waals surface area contributed by atoms with Crippen LogP contribution in [0.25, 0.3) is 0 Å². The van der Waals surface area contributed by atoms with Crippen molar-refractivity contribution in [3.63, 3.8) is 0 Å². The highest BCUT2D eigenvalue weighted by Gasteiger charge is 2.29. The molecule has 1 aromatic heterocycles. The van der Waals surface area contributed by atoms with E-state index in [1.807, 2.05) is 0 Å². The van der Waals surface area contributed by atoms with Crippen molar-refractivity contribution in [3.8, 4) is 0 Å². The number of anilines is 1. The maximum atomic E-state index is 12.2. The number of aromatic nitrogens is 2. The second kappa shape index (κ2) is 7.07. The van der Waals surface area contributed by atoms with Gasteiger partial charge in [-0.25, -0.2) is 4.68 Å². The number of nitrogens with zero attached hydrogens (tertiary/aromatic N) is 2. The van der Waals surface area contributed by atoms with Crippen molar-refractivity contribution in [3.05, 3.63) is 21.6 Å². The molecule has 1 N–H and O–H groups in total. The Labute approximate surface area is 120 Å². The van der Waals surface area contributed by atoms with Crippen molar-refractivity contribution in [2.45, 2.75) is 19.6 Å². The lowest BCUT2D eigenvalue weighted by molar-refractivity contribution is -0.143. The molecular weight excluding hydrogens is 319 g/mol. The van der Waals surface area contributed by atoms with Gasteiger partial charge >= 0.3 is 6.18 Å². The van der Waals surface area contributed by atoms with Crippen molar-refractivity contribution in [2.24, 2.45) is 0 Å². The number of halogens is 4. The summed E-state index contributed by atoms with van der Waals surface area (Å²) in [5.41, 5.74) is -0.895. The zero-order valence-electron chi connectivity index (χ0n) is 10.5. The minimum Gasteiger partial charge on any atom is -0.381 e. The summed E-state index contributed by atoms with van der Waals surface area (Å²) >= 11 is 5.70. The third-order valence-electron chi connectivity index (χ3n) is 2.28. The van der Waals surface area contributed by atoms with Gasteiger partial charge in [0.2, 0.25) is 0 Å². The van der Waals surface area contributed by atoms with Gasteiger partial charge in [-0.05, 0) is 0 Å². The molecule has 0 spiro atoms. The summed E-state index contributed by atoms with van der Waals surface area (Å²) in [7, 11) is -0.988. The molecule has 0 bridgehead atoms. The van der Waals surface area contributed by atoms with Crippen LogP contribution in [0.2, 0.25) is 5.02 Å². The Morgan fingerprint density at radius 1 is 1.50 bits per heavy atom. The Morgan fingerprint density at radius 3 is 2.70 bits per heavy atom. The topological polar surface area (TPSA) is 64.0 Å². The van der Waals surface area contributed by atoms with Crippen LogP contribution < -0.4 is 10.9 Å². The maximum absolute atomic E-state index is 12.2. The molecule has 0 aliphatic rings. The van der Waals surface area contributed by atoms with E-state index in [1.54, 1.807) is 6.92 Å². The average molecular weight is 332 g/mol. The summed E-state index contributed by atoms with van der Waals surface area (Å²) in [6, 6.07) is 0. The molecule has 0 saturated carbocycles. The van der Waals surface area contributed by atoms with E-state index in [4.69, 9.17) is 11.6 Å². The van der Waals surface area contributed by atoms with Gasteiger partial charge in [0.05, 0.1) is 11.9 Å². The summed E-state index contributed by atoms with van der Waals surface area (Å²) in [5.74, 6) is 0.847. The minimum absolute atomic E-state index is 0.128. The number of hydrogen-bond donors (Lipinski definition) is 1. The molecule has 1 heterocycles. The van der Waals surface area contributed by atoms with Gasteiger partial charge in [0, 0.05) is 28.9 Å². The van der Waals surface area contributed by atoms with E-state index < -0.39 is 29.1 Å². The van der Waals surface area contributed by atoms with Crippen LogP contribution in [0.3, 0.4) is 0 Å². The summed E-state index contributed by atoms with van der Waals surface area (Å²) in [6.07, 6.45) is -3.50. The highest BCUT2D eigenvalue weighted by Crippen LogP contribution is 2.18. The molecule has 0 saturated heterocycles. The average Bonchev–Trinajstić information content (AvgIpc) is 2.36. The van der Waals surface area contributed by atoms with Crippen molar-refractivity contribution in [2.75, 3.05) is 23.4 Å². The van der Waals surface area contributed by atoms with Crippen molar-refractivity contribution >= 4 is 28.1 Å². The lowest BCUT2D eigenvalue weighted by Gasteiger charge is -2.11. The molecule has 0 fully saturated rings. The van der Waals surface area contributed by atoms with Gasteiger partial charge in [0.1, 0.15) is 11.6 Å². The molecule has 10 heteroatoms. The third kappa shape index (κ3) is 5.12. The molecule has 1 unspecified atom stereocenters. The van der Waals surface area contributed by atoms with Crippen LogP contribution in [0, 0.1) is 0 Å². The summed E-state index contributed by atoms with van der Waals surface area (Å²) in [5, 5.41) is 5.76. The zero-order valence-corrected chi connectivity index (χ0v) is 12.1. The van der Waals surface area contributed by atoms with E-state index in [0.29, 0.717) is 11.5 Å². The van der Waals surface area contributed by atoms with Crippen LogP contribution in [-0.4, -0.2) is 38.2 Å². The fraction of sp³-hybridized carbons (Fsp3) is 0.600. The summed E-state index contributed by atoms with van der Waals surface area (Å²) in [6.45, 7) is 0.555. The molecule has 0 aromatic carbocycles. The van der Waals surface area contributed by atoms with Crippen molar-refractivity contribution < 1.29 is 17.4 Å². The molecule has 0 radical (unpaired) electrons. The van der Waals surface area contributed by atoms with E-state index in [9.17, 15) is 22.2 Å². The molecule has 114 valence electrons. The van der Waals surface area contributed by atoms with Crippen LogP contribution in [0.1, 0.15) is 6.92 Å². The number of nitrogens with one attached hydrogen (secondary N) is 1. The minimum atomic E-state index is -4.55. The predicted octanol–water partition coefficient (Wildman–Crippen LogP) is 1.64. The fourth-order valence-corrected chi connectivity index (χ4v) is 2.15. The van der Waals surface area contributed by atoms with Crippen LogP contribution in [-0.2, 0) is 17.3 Å². The highest BCUT2D eigenvalue weighted by atomic mass is 35.5. The first-order valence-corrected chi connectivity index (χ1v) is 7.52. The van der Waals surface area contributed by atoms with Gasteiger partial charge in [0.25, 0.3) is 5.56 Å². The van der Waals surface area contributed by atoms with Gasteiger partial charge in [-0.15, -0.1) is 0 Å². The first-order chi connectivity index (χ1) is 9.24. The number of rotatable bonds is 6. The Balaban J connectivity index is 2.79. The SMILES string of the molecule is CCS(=O)CCNc1cnn(CC(F)(F)F)c(=O)c1Cl. The van der Waals surface area contributed by atoms with Crippen LogP contribution in [0.5, 0.6) is 0 Å².